The first-order chi connectivity index (χ1) is 10.0. The quantitative estimate of drug-likeness (QED) is 0.862. The number of amides is 1. The van der Waals surface area contributed by atoms with Gasteiger partial charge in [-0.3, -0.25) is 4.79 Å². The highest BCUT2D eigenvalue weighted by Crippen LogP contribution is 2.35. The standard InChI is InChI=1S/C16H15FN2O2/c1-19-13-9-12(18)6-7-14(13)21-15(16(19)20)8-10-2-4-11(17)5-3-10/h2-7,9,15H,8,18H2,1H3. The minimum Gasteiger partial charge on any atom is -0.478 e. The fourth-order valence-corrected chi connectivity index (χ4v) is 2.40. The van der Waals surface area contributed by atoms with Gasteiger partial charge in [0.15, 0.2) is 6.10 Å². The van der Waals surface area contributed by atoms with Crippen LogP contribution >= 0.6 is 0 Å². The maximum absolute atomic E-state index is 12.9. The van der Waals surface area contributed by atoms with Crippen LogP contribution in [-0.2, 0) is 11.2 Å². The summed E-state index contributed by atoms with van der Waals surface area (Å²) >= 11 is 0. The second-order valence-corrected chi connectivity index (χ2v) is 5.06. The van der Waals surface area contributed by atoms with E-state index in [2.05, 4.69) is 0 Å². The largest absolute Gasteiger partial charge is 0.478 e. The van der Waals surface area contributed by atoms with E-state index in [9.17, 15) is 9.18 Å². The lowest BCUT2D eigenvalue weighted by molar-refractivity contribution is -0.125. The van der Waals surface area contributed by atoms with Gasteiger partial charge in [-0.2, -0.15) is 0 Å². The lowest BCUT2D eigenvalue weighted by atomic mass is 10.0. The third-order valence-corrected chi connectivity index (χ3v) is 3.55. The Hall–Kier alpha value is -2.56. The Morgan fingerprint density at radius 1 is 1.24 bits per heavy atom. The van der Waals surface area contributed by atoms with Crippen molar-refractivity contribution < 1.29 is 13.9 Å². The molecule has 5 heteroatoms. The molecule has 1 atom stereocenters. The van der Waals surface area contributed by atoms with Crippen molar-refractivity contribution in [3.05, 3.63) is 53.8 Å². The molecule has 1 heterocycles. The number of hydrogen-bond acceptors (Lipinski definition) is 3. The molecule has 0 aromatic heterocycles. The minimum absolute atomic E-state index is 0.141. The molecule has 1 amide bonds. The van der Waals surface area contributed by atoms with Gasteiger partial charge in [-0.15, -0.1) is 0 Å². The highest BCUT2D eigenvalue weighted by molar-refractivity contribution is 6.00. The van der Waals surface area contributed by atoms with Gasteiger partial charge in [-0.1, -0.05) is 12.1 Å². The first-order valence-electron chi connectivity index (χ1n) is 6.63. The number of benzene rings is 2. The van der Waals surface area contributed by atoms with Crippen molar-refractivity contribution in [1.29, 1.82) is 0 Å². The second kappa shape index (κ2) is 5.09. The van der Waals surface area contributed by atoms with Crippen LogP contribution in [0.1, 0.15) is 5.56 Å². The van der Waals surface area contributed by atoms with Gasteiger partial charge in [0.25, 0.3) is 5.91 Å². The summed E-state index contributed by atoms with van der Waals surface area (Å²) in [6, 6.07) is 11.3. The molecule has 4 nitrogen and oxygen atoms in total. The first kappa shape index (κ1) is 13.4. The van der Waals surface area contributed by atoms with Crippen molar-refractivity contribution in [1.82, 2.24) is 0 Å². The molecule has 0 saturated heterocycles. The zero-order valence-corrected chi connectivity index (χ0v) is 11.5. The van der Waals surface area contributed by atoms with E-state index in [-0.39, 0.29) is 11.7 Å². The molecule has 2 aromatic rings. The monoisotopic (exact) mass is 286 g/mol. The third-order valence-electron chi connectivity index (χ3n) is 3.55. The maximum Gasteiger partial charge on any atom is 0.268 e. The summed E-state index contributed by atoms with van der Waals surface area (Å²) in [4.78, 5) is 13.9. The number of anilines is 2. The maximum atomic E-state index is 12.9. The molecule has 1 aliphatic heterocycles. The number of nitrogens with zero attached hydrogens (tertiary/aromatic N) is 1. The van der Waals surface area contributed by atoms with Crippen molar-refractivity contribution in [2.75, 3.05) is 17.7 Å². The van der Waals surface area contributed by atoms with Crippen LogP contribution in [0.15, 0.2) is 42.5 Å². The average molecular weight is 286 g/mol. The Bertz CT molecular complexity index is 685. The van der Waals surface area contributed by atoms with Crippen LogP contribution in [0.25, 0.3) is 0 Å². The molecule has 1 aliphatic rings. The summed E-state index contributed by atoms with van der Waals surface area (Å²) in [6.07, 6.45) is -0.218. The molecule has 2 aromatic carbocycles. The zero-order chi connectivity index (χ0) is 15.0. The smallest absolute Gasteiger partial charge is 0.268 e. The summed E-state index contributed by atoms with van der Waals surface area (Å²) in [6.45, 7) is 0. The molecule has 3 rings (SSSR count). The number of nitrogens with two attached hydrogens (primary N) is 1. The van der Waals surface area contributed by atoms with Crippen molar-refractivity contribution in [3.63, 3.8) is 0 Å². The van der Waals surface area contributed by atoms with Gasteiger partial charge < -0.3 is 15.4 Å². The van der Waals surface area contributed by atoms with Crippen LogP contribution in [0.5, 0.6) is 5.75 Å². The van der Waals surface area contributed by atoms with Gasteiger partial charge in [0.05, 0.1) is 5.69 Å². The van der Waals surface area contributed by atoms with E-state index in [1.165, 1.54) is 12.1 Å². The Morgan fingerprint density at radius 2 is 1.95 bits per heavy atom. The van der Waals surface area contributed by atoms with Crippen LogP contribution < -0.4 is 15.4 Å². The first-order valence-corrected chi connectivity index (χ1v) is 6.63. The summed E-state index contributed by atoms with van der Waals surface area (Å²) in [5.74, 6) is 0.184. The molecule has 0 radical (unpaired) electrons. The van der Waals surface area contributed by atoms with E-state index < -0.39 is 6.10 Å². The van der Waals surface area contributed by atoms with Crippen molar-refractivity contribution in [2.45, 2.75) is 12.5 Å². The Balaban J connectivity index is 1.86. The van der Waals surface area contributed by atoms with Gasteiger partial charge in [-0.25, -0.2) is 4.39 Å². The van der Waals surface area contributed by atoms with E-state index in [0.717, 1.165) is 5.56 Å². The van der Waals surface area contributed by atoms with Crippen molar-refractivity contribution in [3.8, 4) is 5.75 Å². The van der Waals surface area contributed by atoms with E-state index in [1.54, 1.807) is 42.3 Å². The lowest BCUT2D eigenvalue weighted by Gasteiger charge is -2.32. The molecule has 0 fully saturated rings. The van der Waals surface area contributed by atoms with E-state index in [1.807, 2.05) is 0 Å². The number of likely N-dealkylation sites (N-methyl/N-ethyl adjacent to an activating group) is 1. The molecule has 0 spiro atoms. The number of carbonyl (C=O) groups excluding carboxylic acids is 1. The van der Waals surface area contributed by atoms with Crippen LogP contribution in [0.4, 0.5) is 15.8 Å². The Labute approximate surface area is 121 Å². The molecular formula is C16H15FN2O2. The number of hydrogen-bond donors (Lipinski definition) is 1. The Kier molecular flexibility index (Phi) is 3.25. The van der Waals surface area contributed by atoms with Crippen LogP contribution in [0.3, 0.4) is 0 Å². The van der Waals surface area contributed by atoms with E-state index in [0.29, 0.717) is 23.5 Å². The molecule has 1 unspecified atom stereocenters. The number of halogens is 1. The average Bonchev–Trinajstić information content (AvgIpc) is 2.47. The van der Waals surface area contributed by atoms with Gasteiger partial charge in [0.1, 0.15) is 11.6 Å². The van der Waals surface area contributed by atoms with Gasteiger partial charge >= 0.3 is 0 Å². The van der Waals surface area contributed by atoms with Gasteiger partial charge in [-0.05, 0) is 35.9 Å². The summed E-state index contributed by atoms with van der Waals surface area (Å²) < 4.78 is 18.7. The fraction of sp³-hybridized carbons (Fsp3) is 0.188. The molecular weight excluding hydrogens is 271 g/mol. The predicted octanol–water partition coefficient (Wildman–Crippen LogP) is 2.37. The highest BCUT2D eigenvalue weighted by Gasteiger charge is 2.32. The number of nitrogen functional groups attached to an aromatic ring is 1. The topological polar surface area (TPSA) is 55.6 Å². The summed E-state index contributed by atoms with van der Waals surface area (Å²) in [5, 5.41) is 0. The van der Waals surface area contributed by atoms with Gasteiger partial charge in [0, 0.05) is 19.2 Å². The number of fused-ring (bicyclic) bond motifs is 1. The number of carbonyl (C=O) groups is 1. The van der Waals surface area contributed by atoms with Crippen molar-refractivity contribution in [2.24, 2.45) is 0 Å². The predicted molar refractivity (Wildman–Crippen MR) is 78.8 cm³/mol. The molecule has 21 heavy (non-hydrogen) atoms. The minimum atomic E-state index is -0.614. The fourth-order valence-electron chi connectivity index (χ4n) is 2.40. The van der Waals surface area contributed by atoms with Crippen LogP contribution in [-0.4, -0.2) is 19.1 Å². The molecule has 0 saturated carbocycles. The molecule has 0 bridgehead atoms. The molecule has 2 N–H and O–H groups in total. The SMILES string of the molecule is CN1C(=O)C(Cc2ccc(F)cc2)Oc2ccc(N)cc21. The third kappa shape index (κ3) is 2.54. The van der Waals surface area contributed by atoms with E-state index in [4.69, 9.17) is 10.5 Å². The second-order valence-electron chi connectivity index (χ2n) is 5.06. The lowest BCUT2D eigenvalue weighted by Crippen LogP contribution is -2.44. The van der Waals surface area contributed by atoms with Crippen molar-refractivity contribution >= 4 is 17.3 Å². The summed E-state index contributed by atoms with van der Waals surface area (Å²) in [5.41, 5.74) is 7.82. The Morgan fingerprint density at radius 3 is 2.67 bits per heavy atom. The van der Waals surface area contributed by atoms with Crippen LogP contribution in [0.2, 0.25) is 0 Å². The van der Waals surface area contributed by atoms with Crippen LogP contribution in [0, 0.1) is 5.82 Å². The van der Waals surface area contributed by atoms with E-state index >= 15 is 0 Å². The zero-order valence-electron chi connectivity index (χ0n) is 11.5. The normalized spacial score (nSPS) is 17.3. The highest BCUT2D eigenvalue weighted by atomic mass is 19.1. The summed E-state index contributed by atoms with van der Waals surface area (Å²) in [7, 11) is 1.70. The molecule has 108 valence electrons. The number of rotatable bonds is 2. The van der Waals surface area contributed by atoms with Gasteiger partial charge in [0.2, 0.25) is 0 Å². The number of ether oxygens (including phenoxy) is 1. The molecule has 0 aliphatic carbocycles.